The number of carbonyl (C=O) groups excluding carboxylic acids is 1. The Morgan fingerprint density at radius 2 is 2.24 bits per heavy atom. The van der Waals surface area contributed by atoms with Crippen molar-refractivity contribution in [1.29, 1.82) is 0 Å². The summed E-state index contributed by atoms with van der Waals surface area (Å²) in [6.45, 7) is 7.34. The summed E-state index contributed by atoms with van der Waals surface area (Å²) in [6, 6.07) is 3.76. The van der Waals surface area contributed by atoms with Gasteiger partial charge in [-0.3, -0.25) is 4.79 Å². The SMILES string of the molecule is CCOCC(NC(=O)c1ccc(Br)s1)C(C)C. The summed E-state index contributed by atoms with van der Waals surface area (Å²) in [6.07, 6.45) is 0. The number of halogens is 1. The van der Waals surface area contributed by atoms with Crippen molar-refractivity contribution in [2.45, 2.75) is 26.8 Å². The summed E-state index contributed by atoms with van der Waals surface area (Å²) in [5.41, 5.74) is 0. The molecule has 0 spiro atoms. The standard InChI is InChI=1S/C12H18BrNO2S/c1-4-16-7-9(8(2)3)14-12(15)10-5-6-11(13)17-10/h5-6,8-9H,4,7H2,1-3H3,(H,14,15). The number of rotatable bonds is 6. The van der Waals surface area contributed by atoms with E-state index in [-0.39, 0.29) is 11.9 Å². The van der Waals surface area contributed by atoms with E-state index in [1.165, 1.54) is 11.3 Å². The minimum absolute atomic E-state index is 0.0286. The van der Waals surface area contributed by atoms with Crippen molar-refractivity contribution in [2.24, 2.45) is 5.92 Å². The van der Waals surface area contributed by atoms with Crippen molar-refractivity contribution in [1.82, 2.24) is 5.32 Å². The van der Waals surface area contributed by atoms with Crippen LogP contribution in [0.15, 0.2) is 15.9 Å². The van der Waals surface area contributed by atoms with Gasteiger partial charge in [0.05, 0.1) is 21.3 Å². The topological polar surface area (TPSA) is 38.3 Å². The smallest absolute Gasteiger partial charge is 0.261 e. The molecule has 5 heteroatoms. The minimum Gasteiger partial charge on any atom is -0.380 e. The van der Waals surface area contributed by atoms with Crippen LogP contribution >= 0.6 is 27.3 Å². The van der Waals surface area contributed by atoms with E-state index in [1.54, 1.807) is 0 Å². The molecule has 0 saturated carbocycles. The maximum atomic E-state index is 12.0. The van der Waals surface area contributed by atoms with Gasteiger partial charge in [0.15, 0.2) is 0 Å². The van der Waals surface area contributed by atoms with E-state index in [0.717, 1.165) is 8.66 Å². The Morgan fingerprint density at radius 1 is 1.53 bits per heavy atom. The molecule has 17 heavy (non-hydrogen) atoms. The largest absolute Gasteiger partial charge is 0.380 e. The van der Waals surface area contributed by atoms with Crippen LogP contribution in [0.4, 0.5) is 0 Å². The van der Waals surface area contributed by atoms with Gasteiger partial charge in [-0.05, 0) is 40.9 Å². The van der Waals surface area contributed by atoms with E-state index in [9.17, 15) is 4.79 Å². The highest BCUT2D eigenvalue weighted by Crippen LogP contribution is 2.22. The second-order valence-corrected chi connectivity index (χ2v) is 6.55. The number of hydrogen-bond donors (Lipinski definition) is 1. The molecule has 1 rings (SSSR count). The molecule has 1 unspecified atom stereocenters. The van der Waals surface area contributed by atoms with Crippen LogP contribution < -0.4 is 5.32 Å². The van der Waals surface area contributed by atoms with Gasteiger partial charge < -0.3 is 10.1 Å². The van der Waals surface area contributed by atoms with Crippen LogP contribution in [0.1, 0.15) is 30.4 Å². The first-order valence-electron chi connectivity index (χ1n) is 5.68. The van der Waals surface area contributed by atoms with Crippen LogP contribution in [0.5, 0.6) is 0 Å². The van der Waals surface area contributed by atoms with E-state index in [0.29, 0.717) is 19.1 Å². The molecule has 1 aromatic rings. The third-order valence-corrected chi connectivity index (χ3v) is 4.04. The Bertz CT molecular complexity index is 365. The van der Waals surface area contributed by atoms with E-state index in [2.05, 4.69) is 35.1 Å². The molecule has 0 aromatic carbocycles. The van der Waals surface area contributed by atoms with Crippen molar-refractivity contribution < 1.29 is 9.53 Å². The Morgan fingerprint density at radius 3 is 2.71 bits per heavy atom. The quantitative estimate of drug-likeness (QED) is 0.873. The maximum Gasteiger partial charge on any atom is 0.261 e. The van der Waals surface area contributed by atoms with Gasteiger partial charge in [-0.1, -0.05) is 13.8 Å². The van der Waals surface area contributed by atoms with E-state index in [4.69, 9.17) is 4.74 Å². The maximum absolute atomic E-state index is 12.0. The first kappa shape index (κ1) is 14.7. The van der Waals surface area contributed by atoms with Gasteiger partial charge in [-0.25, -0.2) is 0 Å². The lowest BCUT2D eigenvalue weighted by Crippen LogP contribution is -2.41. The fourth-order valence-corrected chi connectivity index (χ4v) is 2.61. The van der Waals surface area contributed by atoms with Gasteiger partial charge in [0.25, 0.3) is 5.91 Å². The van der Waals surface area contributed by atoms with Gasteiger partial charge in [0.2, 0.25) is 0 Å². The number of amides is 1. The number of thiophene rings is 1. The zero-order valence-electron chi connectivity index (χ0n) is 10.3. The summed E-state index contributed by atoms with van der Waals surface area (Å²) >= 11 is 4.79. The molecule has 1 aromatic heterocycles. The van der Waals surface area contributed by atoms with Gasteiger partial charge >= 0.3 is 0 Å². The zero-order valence-corrected chi connectivity index (χ0v) is 12.7. The molecule has 1 heterocycles. The van der Waals surface area contributed by atoms with E-state index >= 15 is 0 Å². The highest BCUT2D eigenvalue weighted by atomic mass is 79.9. The molecular weight excluding hydrogens is 302 g/mol. The average molecular weight is 320 g/mol. The number of carbonyl (C=O) groups is 1. The van der Waals surface area contributed by atoms with Crippen LogP contribution in [0, 0.1) is 5.92 Å². The summed E-state index contributed by atoms with van der Waals surface area (Å²) in [5.74, 6) is 0.327. The zero-order chi connectivity index (χ0) is 12.8. The second-order valence-electron chi connectivity index (χ2n) is 4.09. The summed E-state index contributed by atoms with van der Waals surface area (Å²) < 4.78 is 6.34. The number of ether oxygens (including phenoxy) is 1. The summed E-state index contributed by atoms with van der Waals surface area (Å²) in [5, 5.41) is 3.01. The molecule has 0 aliphatic carbocycles. The predicted octanol–water partition coefficient (Wildman–Crippen LogP) is 3.30. The highest BCUT2D eigenvalue weighted by molar-refractivity contribution is 9.11. The van der Waals surface area contributed by atoms with Crippen LogP contribution in [-0.4, -0.2) is 25.2 Å². The first-order valence-corrected chi connectivity index (χ1v) is 7.29. The minimum atomic E-state index is -0.0286. The fraction of sp³-hybridized carbons (Fsp3) is 0.583. The Labute approximate surface area is 115 Å². The third-order valence-electron chi connectivity index (χ3n) is 2.42. The Kier molecular flexibility index (Phi) is 6.16. The van der Waals surface area contributed by atoms with Crippen molar-refractivity contribution >= 4 is 33.2 Å². The van der Waals surface area contributed by atoms with Gasteiger partial charge in [0.1, 0.15) is 0 Å². The van der Waals surface area contributed by atoms with E-state index < -0.39 is 0 Å². The lowest BCUT2D eigenvalue weighted by Gasteiger charge is -2.21. The molecule has 1 atom stereocenters. The predicted molar refractivity (Wildman–Crippen MR) is 74.6 cm³/mol. The molecule has 1 N–H and O–H groups in total. The fourth-order valence-electron chi connectivity index (χ4n) is 1.32. The molecule has 1 amide bonds. The molecule has 0 aliphatic rings. The molecule has 0 bridgehead atoms. The lowest BCUT2D eigenvalue weighted by atomic mass is 10.1. The molecule has 96 valence electrons. The molecule has 0 fully saturated rings. The second kappa shape index (κ2) is 7.13. The number of nitrogens with one attached hydrogen (secondary N) is 1. The first-order chi connectivity index (χ1) is 8.04. The van der Waals surface area contributed by atoms with E-state index in [1.807, 2.05) is 19.1 Å². The summed E-state index contributed by atoms with van der Waals surface area (Å²) in [4.78, 5) is 12.7. The molecule has 0 aliphatic heterocycles. The van der Waals surface area contributed by atoms with Crippen LogP contribution in [0.3, 0.4) is 0 Å². The van der Waals surface area contributed by atoms with Crippen molar-refractivity contribution in [3.8, 4) is 0 Å². The third kappa shape index (κ3) is 4.77. The van der Waals surface area contributed by atoms with Crippen LogP contribution in [-0.2, 0) is 4.74 Å². The summed E-state index contributed by atoms with van der Waals surface area (Å²) in [7, 11) is 0. The Balaban J connectivity index is 2.57. The molecular formula is C12H18BrNO2S. The Hall–Kier alpha value is -0.390. The van der Waals surface area contributed by atoms with Gasteiger partial charge in [-0.2, -0.15) is 0 Å². The number of hydrogen-bond acceptors (Lipinski definition) is 3. The van der Waals surface area contributed by atoms with Crippen molar-refractivity contribution in [2.75, 3.05) is 13.2 Å². The van der Waals surface area contributed by atoms with Gasteiger partial charge in [0, 0.05) is 6.61 Å². The molecule has 3 nitrogen and oxygen atoms in total. The van der Waals surface area contributed by atoms with Crippen molar-refractivity contribution in [3.63, 3.8) is 0 Å². The normalized spacial score (nSPS) is 12.8. The lowest BCUT2D eigenvalue weighted by molar-refractivity contribution is 0.0809. The van der Waals surface area contributed by atoms with Crippen LogP contribution in [0.25, 0.3) is 0 Å². The molecule has 0 radical (unpaired) electrons. The monoisotopic (exact) mass is 319 g/mol. The average Bonchev–Trinajstić information content (AvgIpc) is 2.70. The van der Waals surface area contributed by atoms with Crippen molar-refractivity contribution in [3.05, 3.63) is 20.8 Å². The molecule has 0 saturated heterocycles. The van der Waals surface area contributed by atoms with Crippen LogP contribution in [0.2, 0.25) is 0 Å². The van der Waals surface area contributed by atoms with Gasteiger partial charge in [-0.15, -0.1) is 11.3 Å². The highest BCUT2D eigenvalue weighted by Gasteiger charge is 2.18.